The number of halogens is 2. The van der Waals surface area contributed by atoms with Crippen LogP contribution in [0.5, 0.6) is 0 Å². The van der Waals surface area contributed by atoms with Gasteiger partial charge in [-0.15, -0.1) is 0 Å². The summed E-state index contributed by atoms with van der Waals surface area (Å²) in [5, 5.41) is 16.7. The van der Waals surface area contributed by atoms with Crippen molar-refractivity contribution >= 4 is 40.5 Å². The molecule has 0 fully saturated rings. The van der Waals surface area contributed by atoms with E-state index in [1.54, 1.807) is 6.07 Å². The summed E-state index contributed by atoms with van der Waals surface area (Å²) in [6, 6.07) is 9.19. The molecule has 0 atom stereocenters. The highest BCUT2D eigenvalue weighted by atomic mass is 35.5. The highest BCUT2D eigenvalue weighted by molar-refractivity contribution is 6.33. The first kappa shape index (κ1) is 20.0. The lowest BCUT2D eigenvalue weighted by Crippen LogP contribution is -2.21. The molecule has 10 heteroatoms. The van der Waals surface area contributed by atoms with Crippen LogP contribution in [0.1, 0.15) is 23.7 Å². The highest BCUT2D eigenvalue weighted by Gasteiger charge is 2.15. The average Bonchev–Trinajstić information content (AvgIpc) is 2.61. The fourth-order valence-electron chi connectivity index (χ4n) is 2.04. The van der Waals surface area contributed by atoms with Crippen LogP contribution in [0.2, 0.25) is 5.02 Å². The third-order valence-corrected chi connectivity index (χ3v) is 3.62. The Bertz CT molecular complexity index is 933. The predicted molar refractivity (Wildman–Crippen MR) is 98.3 cm³/mol. The van der Waals surface area contributed by atoms with Gasteiger partial charge in [0.05, 0.1) is 17.0 Å². The van der Waals surface area contributed by atoms with Gasteiger partial charge in [-0.1, -0.05) is 23.7 Å². The van der Waals surface area contributed by atoms with Crippen LogP contribution < -0.4 is 10.7 Å². The van der Waals surface area contributed by atoms with E-state index < -0.39 is 22.6 Å². The van der Waals surface area contributed by atoms with Crippen molar-refractivity contribution in [2.45, 2.75) is 13.3 Å². The molecule has 0 aliphatic carbocycles. The standard InChI is InChI=1S/C17H14ClFN4O4/c1-10(8-16(24)20-14-5-3-2-4-13(14)19)21-22-17(25)11-6-7-15(23(26)27)12(18)9-11/h2-7,9H,8H2,1H3,(H,20,24)(H,22,25)/b21-10-. The number of hydrazone groups is 1. The second-order valence-corrected chi connectivity index (χ2v) is 5.82. The lowest BCUT2D eigenvalue weighted by Gasteiger charge is -2.06. The molecule has 0 aromatic heterocycles. The van der Waals surface area contributed by atoms with Crippen molar-refractivity contribution in [2.75, 3.05) is 5.32 Å². The molecule has 2 amide bonds. The van der Waals surface area contributed by atoms with Crippen molar-refractivity contribution in [3.63, 3.8) is 0 Å². The van der Waals surface area contributed by atoms with Gasteiger partial charge in [-0.25, -0.2) is 9.82 Å². The van der Waals surface area contributed by atoms with E-state index in [0.717, 1.165) is 12.1 Å². The zero-order valence-electron chi connectivity index (χ0n) is 14.0. The average molecular weight is 393 g/mol. The maximum Gasteiger partial charge on any atom is 0.287 e. The number of para-hydroxylation sites is 1. The van der Waals surface area contributed by atoms with Crippen molar-refractivity contribution in [1.29, 1.82) is 0 Å². The third-order valence-electron chi connectivity index (χ3n) is 3.32. The quantitative estimate of drug-likeness (QED) is 0.444. The molecule has 0 saturated heterocycles. The maximum absolute atomic E-state index is 13.5. The first-order chi connectivity index (χ1) is 12.8. The number of amides is 2. The Kier molecular flexibility index (Phi) is 6.56. The fraction of sp³-hybridized carbons (Fsp3) is 0.118. The van der Waals surface area contributed by atoms with Crippen LogP contribution in [0.4, 0.5) is 15.8 Å². The Labute approximate surface area is 158 Å². The number of hydrogen-bond acceptors (Lipinski definition) is 5. The Morgan fingerprint density at radius 2 is 1.96 bits per heavy atom. The molecule has 0 aliphatic heterocycles. The number of hydrogen-bond donors (Lipinski definition) is 2. The summed E-state index contributed by atoms with van der Waals surface area (Å²) < 4.78 is 13.5. The molecule has 8 nitrogen and oxygen atoms in total. The Morgan fingerprint density at radius 3 is 2.59 bits per heavy atom. The minimum atomic E-state index is -0.666. The highest BCUT2D eigenvalue weighted by Crippen LogP contribution is 2.24. The summed E-state index contributed by atoms with van der Waals surface area (Å²) >= 11 is 5.75. The van der Waals surface area contributed by atoms with E-state index in [-0.39, 0.29) is 34.1 Å². The molecule has 2 aromatic carbocycles. The first-order valence-corrected chi connectivity index (χ1v) is 7.97. The minimum Gasteiger partial charge on any atom is -0.323 e. The lowest BCUT2D eigenvalue weighted by molar-refractivity contribution is -0.384. The SMILES string of the molecule is C/C(CC(=O)Nc1ccccc1F)=N/NC(=O)c1ccc([N+](=O)[O-])c(Cl)c1. The number of nitrogens with one attached hydrogen (secondary N) is 2. The topological polar surface area (TPSA) is 114 Å². The van der Waals surface area contributed by atoms with Gasteiger partial charge < -0.3 is 5.32 Å². The van der Waals surface area contributed by atoms with Crippen molar-refractivity contribution in [3.8, 4) is 0 Å². The smallest absolute Gasteiger partial charge is 0.287 e. The maximum atomic E-state index is 13.5. The van der Waals surface area contributed by atoms with Gasteiger partial charge in [0.2, 0.25) is 5.91 Å². The van der Waals surface area contributed by atoms with E-state index in [0.29, 0.717) is 0 Å². The van der Waals surface area contributed by atoms with Gasteiger partial charge in [0.1, 0.15) is 10.8 Å². The molecule has 0 unspecified atom stereocenters. The molecular formula is C17H14ClFN4O4. The van der Waals surface area contributed by atoms with Crippen LogP contribution >= 0.6 is 11.6 Å². The van der Waals surface area contributed by atoms with Gasteiger partial charge in [-0.3, -0.25) is 19.7 Å². The molecule has 0 saturated carbocycles. The fourth-order valence-corrected chi connectivity index (χ4v) is 2.29. The second-order valence-electron chi connectivity index (χ2n) is 5.42. The van der Waals surface area contributed by atoms with Crippen molar-refractivity contribution in [1.82, 2.24) is 5.43 Å². The van der Waals surface area contributed by atoms with Gasteiger partial charge in [0.15, 0.2) is 0 Å². The molecule has 27 heavy (non-hydrogen) atoms. The number of carbonyl (C=O) groups is 2. The normalized spacial score (nSPS) is 11.0. The molecule has 0 heterocycles. The predicted octanol–water partition coefficient (Wildman–Crippen LogP) is 3.52. The minimum absolute atomic E-state index is 0.0415. The molecule has 2 rings (SSSR count). The van der Waals surface area contributed by atoms with Gasteiger partial charge in [-0.05, 0) is 31.2 Å². The summed E-state index contributed by atoms with van der Waals surface area (Å²) in [5.41, 5.74) is 2.28. The zero-order valence-corrected chi connectivity index (χ0v) is 14.8. The first-order valence-electron chi connectivity index (χ1n) is 7.59. The third kappa shape index (κ3) is 5.58. The molecule has 0 radical (unpaired) electrons. The summed E-state index contributed by atoms with van der Waals surface area (Å²) in [4.78, 5) is 33.9. The van der Waals surface area contributed by atoms with Crippen molar-refractivity contribution in [2.24, 2.45) is 5.10 Å². The molecule has 0 bridgehead atoms. The lowest BCUT2D eigenvalue weighted by atomic mass is 10.2. The van der Waals surface area contributed by atoms with Gasteiger partial charge in [0, 0.05) is 17.3 Å². The van der Waals surface area contributed by atoms with Crippen molar-refractivity contribution in [3.05, 3.63) is 69.0 Å². The molecular weight excluding hydrogens is 379 g/mol. The second kappa shape index (κ2) is 8.86. The number of nitro groups is 1. The summed E-state index contributed by atoms with van der Waals surface area (Å²) in [7, 11) is 0. The summed E-state index contributed by atoms with van der Waals surface area (Å²) in [5.74, 6) is -1.72. The van der Waals surface area contributed by atoms with E-state index in [9.17, 15) is 24.1 Å². The number of carbonyl (C=O) groups excluding carboxylic acids is 2. The van der Waals surface area contributed by atoms with E-state index in [1.807, 2.05) is 0 Å². The van der Waals surface area contributed by atoms with Crippen LogP contribution in [0.25, 0.3) is 0 Å². The van der Waals surface area contributed by atoms with E-state index in [4.69, 9.17) is 11.6 Å². The van der Waals surface area contributed by atoms with E-state index in [2.05, 4.69) is 15.8 Å². The van der Waals surface area contributed by atoms with Crippen LogP contribution in [0.15, 0.2) is 47.6 Å². The van der Waals surface area contributed by atoms with E-state index in [1.165, 1.54) is 31.2 Å². The number of nitrogens with zero attached hydrogens (tertiary/aromatic N) is 2. The zero-order chi connectivity index (χ0) is 20.0. The Hall–Kier alpha value is -3.33. The van der Waals surface area contributed by atoms with E-state index >= 15 is 0 Å². The van der Waals surface area contributed by atoms with Crippen molar-refractivity contribution < 1.29 is 18.9 Å². The Morgan fingerprint density at radius 1 is 1.26 bits per heavy atom. The van der Waals surface area contributed by atoms with Crippen LogP contribution in [-0.4, -0.2) is 22.4 Å². The van der Waals surface area contributed by atoms with Crippen LogP contribution in [0, 0.1) is 15.9 Å². The van der Waals surface area contributed by atoms with Crippen LogP contribution in [-0.2, 0) is 4.79 Å². The number of nitro benzene ring substituents is 1. The number of benzene rings is 2. The van der Waals surface area contributed by atoms with Gasteiger partial charge >= 0.3 is 0 Å². The van der Waals surface area contributed by atoms with Crippen LogP contribution in [0.3, 0.4) is 0 Å². The molecule has 2 N–H and O–H groups in total. The Balaban J connectivity index is 1.95. The van der Waals surface area contributed by atoms with Gasteiger partial charge in [-0.2, -0.15) is 5.10 Å². The summed E-state index contributed by atoms with van der Waals surface area (Å²) in [6.07, 6.45) is -0.171. The number of rotatable bonds is 6. The summed E-state index contributed by atoms with van der Waals surface area (Å²) in [6.45, 7) is 1.50. The molecule has 2 aromatic rings. The molecule has 140 valence electrons. The molecule has 0 aliphatic rings. The largest absolute Gasteiger partial charge is 0.323 e. The van der Waals surface area contributed by atoms with Gasteiger partial charge in [0.25, 0.3) is 11.6 Å². The monoisotopic (exact) mass is 392 g/mol. The molecule has 0 spiro atoms. The number of anilines is 1.